The summed E-state index contributed by atoms with van der Waals surface area (Å²) >= 11 is 0. The van der Waals surface area contributed by atoms with Gasteiger partial charge >= 0.3 is 0 Å². The molecule has 3 aromatic rings. The third-order valence-electron chi connectivity index (χ3n) is 7.49. The standard InChI is InChI=1S/C31H37NO/c1-4-5-23(3)24-8-10-25(11-9-24)26-12-14-27(15-13-26)28-16-18-29(19-17-28)31(33)32-30-20-6-22(2)7-21-30/h6-7,12-21,23-25H,4-5,8-11H2,1-3H3,(H,32,33). The van der Waals surface area contributed by atoms with Gasteiger partial charge in [-0.25, -0.2) is 0 Å². The minimum atomic E-state index is -0.0791. The number of hydrogen-bond donors (Lipinski definition) is 1. The Labute approximate surface area is 199 Å². The third kappa shape index (κ3) is 5.93. The van der Waals surface area contributed by atoms with Gasteiger partial charge in [0.15, 0.2) is 0 Å². The summed E-state index contributed by atoms with van der Waals surface area (Å²) in [4.78, 5) is 12.6. The van der Waals surface area contributed by atoms with E-state index in [1.807, 2.05) is 55.5 Å². The van der Waals surface area contributed by atoms with E-state index < -0.39 is 0 Å². The van der Waals surface area contributed by atoms with Crippen molar-refractivity contribution in [1.29, 1.82) is 0 Å². The lowest BCUT2D eigenvalue weighted by atomic mass is 9.73. The van der Waals surface area contributed by atoms with Crippen molar-refractivity contribution in [1.82, 2.24) is 0 Å². The summed E-state index contributed by atoms with van der Waals surface area (Å²) in [6, 6.07) is 24.9. The molecule has 0 saturated heterocycles. The predicted molar refractivity (Wildman–Crippen MR) is 140 cm³/mol. The molecule has 2 heteroatoms. The van der Waals surface area contributed by atoms with Crippen LogP contribution in [0, 0.1) is 18.8 Å². The fourth-order valence-electron chi connectivity index (χ4n) is 5.31. The molecule has 0 aromatic heterocycles. The number of benzene rings is 3. The number of aryl methyl sites for hydroxylation is 1. The molecule has 1 saturated carbocycles. The number of carbonyl (C=O) groups excluding carboxylic acids is 1. The molecule has 2 nitrogen and oxygen atoms in total. The first-order chi connectivity index (χ1) is 16.0. The van der Waals surface area contributed by atoms with Crippen LogP contribution in [-0.2, 0) is 0 Å². The summed E-state index contributed by atoms with van der Waals surface area (Å²) in [5.41, 5.74) is 6.50. The van der Waals surface area contributed by atoms with Gasteiger partial charge in [0.05, 0.1) is 0 Å². The molecule has 0 radical (unpaired) electrons. The SMILES string of the molecule is CCCC(C)C1CCC(c2ccc(-c3ccc(C(=O)Nc4ccc(C)cc4)cc3)cc2)CC1. The van der Waals surface area contributed by atoms with E-state index in [-0.39, 0.29) is 5.91 Å². The highest BCUT2D eigenvalue weighted by atomic mass is 16.1. The largest absolute Gasteiger partial charge is 0.322 e. The summed E-state index contributed by atoms with van der Waals surface area (Å²) in [6.07, 6.45) is 8.07. The van der Waals surface area contributed by atoms with Crippen molar-refractivity contribution in [3.05, 3.63) is 89.5 Å². The molecule has 172 valence electrons. The maximum atomic E-state index is 12.6. The van der Waals surface area contributed by atoms with Crippen molar-refractivity contribution in [3.63, 3.8) is 0 Å². The fourth-order valence-corrected chi connectivity index (χ4v) is 5.31. The molecular formula is C31H37NO. The molecule has 33 heavy (non-hydrogen) atoms. The smallest absolute Gasteiger partial charge is 0.255 e. The molecule has 0 spiro atoms. The molecule has 1 N–H and O–H groups in total. The van der Waals surface area contributed by atoms with Crippen LogP contribution in [0.1, 0.15) is 79.8 Å². The Morgan fingerprint density at radius 3 is 2.00 bits per heavy atom. The highest BCUT2D eigenvalue weighted by molar-refractivity contribution is 6.04. The minimum absolute atomic E-state index is 0.0791. The Balaban J connectivity index is 1.35. The molecule has 1 aliphatic carbocycles. The lowest BCUT2D eigenvalue weighted by Crippen LogP contribution is -2.19. The maximum Gasteiger partial charge on any atom is 0.255 e. The topological polar surface area (TPSA) is 29.1 Å². The molecule has 0 bridgehead atoms. The van der Waals surface area contributed by atoms with E-state index in [2.05, 4.69) is 43.4 Å². The number of nitrogens with one attached hydrogen (secondary N) is 1. The Morgan fingerprint density at radius 1 is 0.848 bits per heavy atom. The summed E-state index contributed by atoms with van der Waals surface area (Å²) in [6.45, 7) is 6.79. The van der Waals surface area contributed by atoms with Crippen molar-refractivity contribution >= 4 is 11.6 Å². The molecular weight excluding hydrogens is 402 g/mol. The van der Waals surface area contributed by atoms with Gasteiger partial charge in [0.2, 0.25) is 0 Å². The Bertz CT molecular complexity index is 1030. The molecule has 0 heterocycles. The van der Waals surface area contributed by atoms with E-state index in [4.69, 9.17) is 0 Å². The van der Waals surface area contributed by atoms with Gasteiger partial charge in [0.25, 0.3) is 5.91 Å². The second kappa shape index (κ2) is 10.8. The average Bonchev–Trinajstić information content (AvgIpc) is 2.86. The van der Waals surface area contributed by atoms with Gasteiger partial charge in [-0.1, -0.05) is 80.8 Å². The first kappa shape index (κ1) is 23.3. The predicted octanol–water partition coefficient (Wildman–Crippen LogP) is 8.62. The van der Waals surface area contributed by atoms with Gasteiger partial charge in [0, 0.05) is 11.3 Å². The van der Waals surface area contributed by atoms with Crippen molar-refractivity contribution in [2.75, 3.05) is 5.32 Å². The quantitative estimate of drug-likeness (QED) is 0.392. The summed E-state index contributed by atoms with van der Waals surface area (Å²) < 4.78 is 0. The van der Waals surface area contributed by atoms with Crippen LogP contribution < -0.4 is 5.32 Å². The second-order valence-corrected chi connectivity index (χ2v) is 9.90. The van der Waals surface area contributed by atoms with Crippen molar-refractivity contribution in [3.8, 4) is 11.1 Å². The Kier molecular flexibility index (Phi) is 7.65. The van der Waals surface area contributed by atoms with Crippen molar-refractivity contribution in [2.45, 2.75) is 65.2 Å². The van der Waals surface area contributed by atoms with E-state index in [0.717, 1.165) is 23.1 Å². The summed E-state index contributed by atoms with van der Waals surface area (Å²) in [5, 5.41) is 2.97. The number of carbonyl (C=O) groups is 1. The van der Waals surface area contributed by atoms with E-state index in [1.165, 1.54) is 55.2 Å². The first-order valence-corrected chi connectivity index (χ1v) is 12.6. The average molecular weight is 440 g/mol. The van der Waals surface area contributed by atoms with Crippen LogP contribution in [0.2, 0.25) is 0 Å². The van der Waals surface area contributed by atoms with E-state index in [0.29, 0.717) is 11.5 Å². The first-order valence-electron chi connectivity index (χ1n) is 12.6. The lowest BCUT2D eigenvalue weighted by Gasteiger charge is -2.32. The van der Waals surface area contributed by atoms with Gasteiger partial charge in [-0.15, -0.1) is 0 Å². The number of amides is 1. The van der Waals surface area contributed by atoms with Crippen LogP contribution in [0.15, 0.2) is 72.8 Å². The monoisotopic (exact) mass is 439 g/mol. The number of anilines is 1. The molecule has 0 aliphatic heterocycles. The van der Waals surface area contributed by atoms with Gasteiger partial charge < -0.3 is 5.32 Å². The van der Waals surface area contributed by atoms with Crippen LogP contribution in [-0.4, -0.2) is 5.91 Å². The second-order valence-electron chi connectivity index (χ2n) is 9.90. The molecule has 4 rings (SSSR count). The van der Waals surface area contributed by atoms with Crippen molar-refractivity contribution in [2.24, 2.45) is 11.8 Å². The number of rotatable bonds is 7. The maximum absolute atomic E-state index is 12.6. The van der Waals surface area contributed by atoms with Crippen LogP contribution in [0.3, 0.4) is 0 Å². The zero-order valence-corrected chi connectivity index (χ0v) is 20.3. The Hall–Kier alpha value is -2.87. The van der Waals surface area contributed by atoms with Gasteiger partial charge in [-0.2, -0.15) is 0 Å². The molecule has 3 aromatic carbocycles. The van der Waals surface area contributed by atoms with Crippen molar-refractivity contribution < 1.29 is 4.79 Å². The molecule has 1 unspecified atom stereocenters. The van der Waals surface area contributed by atoms with Gasteiger partial charge in [-0.05, 0) is 91.3 Å². The molecule has 1 amide bonds. The minimum Gasteiger partial charge on any atom is -0.322 e. The van der Waals surface area contributed by atoms with Crippen LogP contribution in [0.4, 0.5) is 5.69 Å². The van der Waals surface area contributed by atoms with E-state index >= 15 is 0 Å². The molecule has 1 fully saturated rings. The van der Waals surface area contributed by atoms with Gasteiger partial charge in [0.1, 0.15) is 0 Å². The van der Waals surface area contributed by atoms with E-state index in [1.54, 1.807) is 0 Å². The normalized spacial score (nSPS) is 19.1. The summed E-state index contributed by atoms with van der Waals surface area (Å²) in [7, 11) is 0. The van der Waals surface area contributed by atoms with Crippen LogP contribution >= 0.6 is 0 Å². The fraction of sp³-hybridized carbons (Fsp3) is 0.387. The molecule has 1 aliphatic rings. The lowest BCUT2D eigenvalue weighted by molar-refractivity contribution is 0.102. The van der Waals surface area contributed by atoms with Gasteiger partial charge in [-0.3, -0.25) is 4.79 Å². The summed E-state index contributed by atoms with van der Waals surface area (Å²) in [5.74, 6) is 2.42. The zero-order valence-electron chi connectivity index (χ0n) is 20.3. The highest BCUT2D eigenvalue weighted by Crippen LogP contribution is 2.40. The van der Waals surface area contributed by atoms with Crippen LogP contribution in [0.25, 0.3) is 11.1 Å². The van der Waals surface area contributed by atoms with E-state index in [9.17, 15) is 4.79 Å². The molecule has 1 atom stereocenters. The van der Waals surface area contributed by atoms with Crippen LogP contribution in [0.5, 0.6) is 0 Å². The highest BCUT2D eigenvalue weighted by Gasteiger charge is 2.25. The number of hydrogen-bond acceptors (Lipinski definition) is 1. The zero-order chi connectivity index (χ0) is 23.2. The third-order valence-corrected chi connectivity index (χ3v) is 7.49. The Morgan fingerprint density at radius 2 is 1.42 bits per heavy atom.